The van der Waals surface area contributed by atoms with Gasteiger partial charge in [-0.1, -0.05) is 17.7 Å². The van der Waals surface area contributed by atoms with Crippen LogP contribution < -0.4 is 5.32 Å². The smallest absolute Gasteiger partial charge is 0.448 e. The first-order valence-electron chi connectivity index (χ1n) is 11.1. The number of nitriles is 1. The van der Waals surface area contributed by atoms with Crippen LogP contribution in [0.4, 0.5) is 26.3 Å². The summed E-state index contributed by atoms with van der Waals surface area (Å²) in [6.45, 7) is -0.204. The minimum absolute atomic E-state index is 0.00570. The van der Waals surface area contributed by atoms with Crippen molar-refractivity contribution in [3.63, 3.8) is 0 Å². The lowest BCUT2D eigenvalue weighted by atomic mass is 10.0. The normalized spacial score (nSPS) is 18.1. The molecule has 2 N–H and O–H groups in total. The number of ether oxygens (including phenoxy) is 2. The number of carbonyl (C=O) groups is 1. The van der Waals surface area contributed by atoms with Crippen LogP contribution in [0.25, 0.3) is 16.9 Å². The lowest BCUT2D eigenvalue weighted by Crippen LogP contribution is -2.46. The molecule has 1 amide bonds. The lowest BCUT2D eigenvalue weighted by molar-refractivity contribution is -0.250. The van der Waals surface area contributed by atoms with Crippen LogP contribution in [0.1, 0.15) is 35.3 Å². The molecule has 1 saturated carbocycles. The number of aromatic nitrogens is 2. The van der Waals surface area contributed by atoms with Crippen molar-refractivity contribution in [3.05, 3.63) is 46.4 Å². The Morgan fingerprint density at radius 1 is 1.38 bits per heavy atom. The van der Waals surface area contributed by atoms with E-state index in [2.05, 4.69) is 16.5 Å². The molecule has 2 heterocycles. The van der Waals surface area contributed by atoms with Gasteiger partial charge in [0.05, 0.1) is 22.9 Å². The molecule has 9 nitrogen and oxygen atoms in total. The highest BCUT2D eigenvalue weighted by atomic mass is 35.5. The van der Waals surface area contributed by atoms with Gasteiger partial charge >= 0.3 is 12.1 Å². The molecule has 39 heavy (non-hydrogen) atoms. The molecule has 0 radical (unpaired) electrons. The van der Waals surface area contributed by atoms with Crippen molar-refractivity contribution in [3.8, 4) is 17.2 Å². The molecule has 208 valence electrons. The van der Waals surface area contributed by atoms with Gasteiger partial charge in [-0.25, -0.2) is 4.68 Å². The molecule has 1 aliphatic heterocycles. The van der Waals surface area contributed by atoms with Gasteiger partial charge in [-0.05, 0) is 30.5 Å². The first kappa shape index (κ1) is 28.2. The molecule has 2 aliphatic rings. The number of amides is 1. The number of halogens is 7. The van der Waals surface area contributed by atoms with Crippen LogP contribution in [0, 0.1) is 16.7 Å². The largest absolute Gasteiger partial charge is 0.459 e. The van der Waals surface area contributed by atoms with Crippen LogP contribution in [-0.4, -0.2) is 64.8 Å². The maximum Gasteiger partial charge on any atom is 0.459 e. The molecule has 1 fully saturated rings. The van der Waals surface area contributed by atoms with Crippen molar-refractivity contribution in [2.45, 2.75) is 36.8 Å². The van der Waals surface area contributed by atoms with Gasteiger partial charge in [0.1, 0.15) is 18.0 Å². The minimum atomic E-state index is -6.13. The lowest BCUT2D eigenvalue weighted by Gasteiger charge is -2.29. The molecule has 16 heteroatoms. The number of rotatable bonds is 8. The average molecular weight is 577 g/mol. The van der Waals surface area contributed by atoms with E-state index in [9.17, 15) is 32.0 Å². The Bertz CT molecular complexity index is 1410. The number of nitrogens with zero attached hydrogens (tertiary/aromatic N) is 4. The first-order chi connectivity index (χ1) is 18.2. The Hall–Kier alpha value is -3.77. The summed E-state index contributed by atoms with van der Waals surface area (Å²) in [5.41, 5.74) is -3.67. The van der Waals surface area contributed by atoms with Gasteiger partial charge in [0.2, 0.25) is 0 Å². The maximum absolute atomic E-state index is 15.2. The highest BCUT2D eigenvalue weighted by Gasteiger charge is 2.63. The second-order valence-corrected chi connectivity index (χ2v) is 9.06. The van der Waals surface area contributed by atoms with E-state index in [0.29, 0.717) is 17.5 Å². The van der Waals surface area contributed by atoms with E-state index in [4.69, 9.17) is 26.5 Å². The molecule has 1 aromatic carbocycles. The minimum Gasteiger partial charge on any atom is -0.448 e. The Kier molecular flexibility index (Phi) is 7.07. The van der Waals surface area contributed by atoms with Crippen molar-refractivity contribution in [2.24, 2.45) is 0 Å². The molecule has 1 unspecified atom stereocenters. The van der Waals surface area contributed by atoms with E-state index in [0.717, 1.165) is 13.2 Å². The highest BCUT2D eigenvalue weighted by molar-refractivity contribution is 6.34. The number of hydrogen-bond acceptors (Lipinski definition) is 7. The average Bonchev–Trinajstić information content (AvgIpc) is 3.55. The Morgan fingerprint density at radius 2 is 2.05 bits per heavy atom. The van der Waals surface area contributed by atoms with Gasteiger partial charge in [-0.3, -0.25) is 15.1 Å². The molecule has 0 saturated heterocycles. The topological polar surface area (TPSA) is 116 Å². The molecular formula is C23H19ClF6N6O3. The first-order valence-corrected chi connectivity index (χ1v) is 11.5. The number of hydrogen-bond donors (Lipinski definition) is 2. The van der Waals surface area contributed by atoms with Crippen molar-refractivity contribution < 1.29 is 40.6 Å². The van der Waals surface area contributed by atoms with Crippen LogP contribution >= 0.6 is 11.6 Å². The third kappa shape index (κ3) is 4.57. The van der Waals surface area contributed by atoms with Crippen molar-refractivity contribution in [2.75, 3.05) is 20.9 Å². The predicted molar refractivity (Wildman–Crippen MR) is 124 cm³/mol. The quantitative estimate of drug-likeness (QED) is 0.263. The van der Waals surface area contributed by atoms with Gasteiger partial charge in [-0.2, -0.15) is 36.7 Å². The van der Waals surface area contributed by atoms with Crippen LogP contribution in [0.5, 0.6) is 0 Å². The van der Waals surface area contributed by atoms with Crippen LogP contribution in [0.2, 0.25) is 5.02 Å². The zero-order chi connectivity index (χ0) is 28.9. The molecular weight excluding hydrogens is 558 g/mol. The van der Waals surface area contributed by atoms with Gasteiger partial charge in [0, 0.05) is 19.7 Å². The molecule has 4 rings (SSSR count). The molecule has 0 bridgehead atoms. The molecule has 1 aliphatic carbocycles. The summed E-state index contributed by atoms with van der Waals surface area (Å²) >= 11 is 6.27. The summed E-state index contributed by atoms with van der Waals surface area (Å²) in [5, 5.41) is 23.2. The zero-order valence-electron chi connectivity index (χ0n) is 20.2. The summed E-state index contributed by atoms with van der Waals surface area (Å²) in [4.78, 5) is 14.6. The van der Waals surface area contributed by atoms with E-state index in [1.807, 2.05) is 0 Å². The fourth-order valence-corrected chi connectivity index (χ4v) is 4.24. The summed E-state index contributed by atoms with van der Waals surface area (Å²) in [5.74, 6) is -8.31. The van der Waals surface area contributed by atoms with Crippen LogP contribution in [0.3, 0.4) is 0 Å². The zero-order valence-corrected chi connectivity index (χ0v) is 20.9. The fourth-order valence-electron chi connectivity index (χ4n) is 4.04. The predicted octanol–water partition coefficient (Wildman–Crippen LogP) is 4.87. The number of nitrogens with one attached hydrogen (secondary N) is 2. The maximum atomic E-state index is 15.2. The Morgan fingerprint density at radius 3 is 2.59 bits per heavy atom. The van der Waals surface area contributed by atoms with Gasteiger partial charge in [0.15, 0.2) is 17.3 Å². The molecule has 0 spiro atoms. The molecule has 1 aromatic heterocycles. The highest BCUT2D eigenvalue weighted by Crippen LogP contribution is 2.45. The van der Waals surface area contributed by atoms with E-state index in [1.165, 1.54) is 30.2 Å². The number of fused-ring (bicyclic) bond motifs is 1. The summed E-state index contributed by atoms with van der Waals surface area (Å²) in [6, 6.07) is 6.12. The van der Waals surface area contributed by atoms with Crippen molar-refractivity contribution >= 4 is 29.0 Å². The monoisotopic (exact) mass is 576 g/mol. The summed E-state index contributed by atoms with van der Waals surface area (Å²) in [6.07, 6.45) is -6.81. The SMILES string of the molecule is CNC1=C(C(=N)C(F)(F)C(F)(F)F)OC(F)c2c(-c3ccc(Cl)c(C(=O)N(COC)C4(C#N)CC4)c3)cnn21. The van der Waals surface area contributed by atoms with E-state index >= 15 is 4.39 Å². The van der Waals surface area contributed by atoms with E-state index < -0.39 is 52.9 Å². The van der Waals surface area contributed by atoms with Gasteiger partial charge in [-0.15, -0.1) is 0 Å². The van der Waals surface area contributed by atoms with Crippen molar-refractivity contribution in [1.29, 1.82) is 10.7 Å². The number of methoxy groups -OCH3 is 1. The Labute approximate surface area is 222 Å². The Balaban J connectivity index is 1.78. The fraction of sp³-hybridized carbons (Fsp3) is 0.391. The van der Waals surface area contributed by atoms with Gasteiger partial charge < -0.3 is 14.8 Å². The van der Waals surface area contributed by atoms with Crippen LogP contribution in [-0.2, 0) is 9.47 Å². The molecule has 2 aromatic rings. The molecule has 1 atom stereocenters. The third-order valence-corrected chi connectivity index (χ3v) is 6.59. The summed E-state index contributed by atoms with van der Waals surface area (Å²) in [7, 11) is 2.48. The second-order valence-electron chi connectivity index (χ2n) is 8.65. The van der Waals surface area contributed by atoms with Gasteiger partial charge in [0.25, 0.3) is 12.3 Å². The van der Waals surface area contributed by atoms with Crippen LogP contribution in [0.15, 0.2) is 30.2 Å². The van der Waals surface area contributed by atoms with E-state index in [1.54, 1.807) is 0 Å². The second kappa shape index (κ2) is 9.76. The number of alkyl halides is 6. The number of carbonyl (C=O) groups excluding carboxylic acids is 1. The number of allylic oxidation sites excluding steroid dienone is 1. The standard InChI is InChI=1S/C23H19ClF6N6O3/c1-33-19-16(17(32)22(26,27)23(28,29)30)39-18(25)15-13(8-34-36(15)19)11-3-4-14(24)12(7-11)20(37)35(10-38-2)21(9-31)5-6-21/h3-4,7-8,18,32-33H,5-6,10H2,1-2H3. The number of benzene rings is 1. The third-order valence-electron chi connectivity index (χ3n) is 6.26. The van der Waals surface area contributed by atoms with Crippen molar-refractivity contribution in [1.82, 2.24) is 20.0 Å². The summed E-state index contributed by atoms with van der Waals surface area (Å²) < 4.78 is 92.0. The van der Waals surface area contributed by atoms with E-state index in [-0.39, 0.29) is 28.4 Å².